The van der Waals surface area contributed by atoms with E-state index in [9.17, 15) is 14.4 Å². The number of urea groups is 1. The van der Waals surface area contributed by atoms with E-state index < -0.39 is 30.4 Å². The molecular weight excluding hydrogens is 296 g/mol. The smallest absolute Gasteiger partial charge is 0.326 e. The second-order valence-corrected chi connectivity index (χ2v) is 5.18. The van der Waals surface area contributed by atoms with Gasteiger partial charge in [-0.1, -0.05) is 23.5 Å². The summed E-state index contributed by atoms with van der Waals surface area (Å²) in [6, 6.07) is 5.17. The summed E-state index contributed by atoms with van der Waals surface area (Å²) in [5, 5.41) is 13.8. The minimum Gasteiger partial charge on any atom is -0.480 e. The van der Waals surface area contributed by atoms with Crippen molar-refractivity contribution in [3.05, 3.63) is 24.3 Å². The molecule has 0 bridgehead atoms. The number of nitrogens with zero attached hydrogens (tertiary/aromatic N) is 1. The van der Waals surface area contributed by atoms with Crippen molar-refractivity contribution in [1.82, 2.24) is 10.3 Å². The Kier molecular flexibility index (Phi) is 4.33. The Labute approximate surface area is 123 Å². The molecule has 9 heteroatoms. The van der Waals surface area contributed by atoms with E-state index in [2.05, 4.69) is 15.6 Å². The lowest BCUT2D eigenvalue weighted by Gasteiger charge is -2.12. The number of carbonyl (C=O) groups is 3. The third-order valence-electron chi connectivity index (χ3n) is 2.52. The Bertz CT molecular complexity index is 666. The number of amides is 3. The van der Waals surface area contributed by atoms with Crippen LogP contribution in [0.4, 0.5) is 9.93 Å². The van der Waals surface area contributed by atoms with Crippen molar-refractivity contribution in [3.63, 3.8) is 0 Å². The maximum absolute atomic E-state index is 11.7. The predicted molar refractivity (Wildman–Crippen MR) is 77.0 cm³/mol. The second kappa shape index (κ2) is 6.18. The SMILES string of the molecule is NC(=O)C[C@@H](NC(=O)Nc1nc2ccccc2s1)C(=O)O. The number of benzene rings is 1. The lowest BCUT2D eigenvalue weighted by atomic mass is 10.2. The van der Waals surface area contributed by atoms with Crippen molar-refractivity contribution in [2.75, 3.05) is 5.32 Å². The Morgan fingerprint density at radius 2 is 2.05 bits per heavy atom. The first-order valence-electron chi connectivity index (χ1n) is 5.90. The number of nitrogens with two attached hydrogens (primary N) is 1. The molecule has 0 aliphatic rings. The number of primary amides is 1. The van der Waals surface area contributed by atoms with Crippen LogP contribution in [-0.4, -0.2) is 34.0 Å². The van der Waals surface area contributed by atoms with E-state index in [4.69, 9.17) is 10.8 Å². The van der Waals surface area contributed by atoms with Gasteiger partial charge >= 0.3 is 12.0 Å². The highest BCUT2D eigenvalue weighted by Crippen LogP contribution is 2.25. The highest BCUT2D eigenvalue weighted by molar-refractivity contribution is 7.22. The molecule has 3 amide bonds. The first-order valence-corrected chi connectivity index (χ1v) is 6.71. The molecule has 21 heavy (non-hydrogen) atoms. The molecule has 1 aromatic carbocycles. The molecule has 0 radical (unpaired) electrons. The highest BCUT2D eigenvalue weighted by Gasteiger charge is 2.22. The van der Waals surface area contributed by atoms with Crippen LogP contribution in [0.1, 0.15) is 6.42 Å². The zero-order valence-corrected chi connectivity index (χ0v) is 11.5. The fraction of sp³-hybridized carbons (Fsp3) is 0.167. The Balaban J connectivity index is 2.03. The monoisotopic (exact) mass is 308 g/mol. The lowest BCUT2D eigenvalue weighted by molar-refractivity contribution is -0.140. The third kappa shape index (κ3) is 3.89. The minimum absolute atomic E-state index is 0.330. The van der Waals surface area contributed by atoms with Gasteiger partial charge in [0.05, 0.1) is 16.6 Å². The Morgan fingerprint density at radius 1 is 1.33 bits per heavy atom. The average molecular weight is 308 g/mol. The summed E-state index contributed by atoms with van der Waals surface area (Å²) >= 11 is 1.25. The number of hydrogen-bond acceptors (Lipinski definition) is 5. The molecule has 0 saturated carbocycles. The number of carboxylic acid groups (broad SMARTS) is 1. The molecule has 110 valence electrons. The molecule has 1 aromatic heterocycles. The summed E-state index contributed by atoms with van der Waals surface area (Å²) in [6.45, 7) is 0. The van der Waals surface area contributed by atoms with Gasteiger partial charge in [0.25, 0.3) is 0 Å². The van der Waals surface area contributed by atoms with Crippen LogP contribution in [0.25, 0.3) is 10.2 Å². The van der Waals surface area contributed by atoms with Crippen molar-refractivity contribution in [3.8, 4) is 0 Å². The average Bonchev–Trinajstić information content (AvgIpc) is 2.79. The van der Waals surface area contributed by atoms with Gasteiger partial charge in [-0.25, -0.2) is 14.6 Å². The first-order chi connectivity index (χ1) is 9.95. The number of thiazole rings is 1. The molecule has 0 saturated heterocycles. The van der Waals surface area contributed by atoms with Crippen molar-refractivity contribution >= 4 is 44.6 Å². The van der Waals surface area contributed by atoms with Gasteiger partial charge in [0.1, 0.15) is 6.04 Å². The van der Waals surface area contributed by atoms with Crippen molar-refractivity contribution in [2.24, 2.45) is 5.73 Å². The Morgan fingerprint density at radius 3 is 2.67 bits per heavy atom. The lowest BCUT2D eigenvalue weighted by Crippen LogP contribution is -2.45. The van der Waals surface area contributed by atoms with Crippen LogP contribution >= 0.6 is 11.3 Å². The van der Waals surface area contributed by atoms with E-state index in [1.54, 1.807) is 6.07 Å². The van der Waals surface area contributed by atoms with Crippen LogP contribution in [0, 0.1) is 0 Å². The van der Waals surface area contributed by atoms with E-state index in [0.29, 0.717) is 5.13 Å². The van der Waals surface area contributed by atoms with Gasteiger partial charge in [-0.2, -0.15) is 0 Å². The Hall–Kier alpha value is -2.68. The summed E-state index contributed by atoms with van der Waals surface area (Å²) in [6.07, 6.45) is -0.484. The van der Waals surface area contributed by atoms with Crippen molar-refractivity contribution in [1.29, 1.82) is 0 Å². The maximum Gasteiger partial charge on any atom is 0.326 e. The van der Waals surface area contributed by atoms with E-state index in [0.717, 1.165) is 10.2 Å². The van der Waals surface area contributed by atoms with E-state index in [-0.39, 0.29) is 0 Å². The number of rotatable bonds is 5. The summed E-state index contributed by atoms with van der Waals surface area (Å²) in [4.78, 5) is 37.5. The van der Waals surface area contributed by atoms with Gasteiger partial charge in [-0.15, -0.1) is 0 Å². The van der Waals surface area contributed by atoms with Crippen LogP contribution in [0.2, 0.25) is 0 Å². The van der Waals surface area contributed by atoms with E-state index in [1.807, 2.05) is 18.2 Å². The molecule has 2 rings (SSSR count). The molecule has 5 N–H and O–H groups in total. The highest BCUT2D eigenvalue weighted by atomic mass is 32.1. The second-order valence-electron chi connectivity index (χ2n) is 4.15. The number of fused-ring (bicyclic) bond motifs is 1. The van der Waals surface area contributed by atoms with Crippen LogP contribution in [0.5, 0.6) is 0 Å². The van der Waals surface area contributed by atoms with Gasteiger partial charge in [0, 0.05) is 0 Å². The molecule has 0 unspecified atom stereocenters. The summed E-state index contributed by atoms with van der Waals surface area (Å²) in [7, 11) is 0. The number of hydrogen-bond donors (Lipinski definition) is 4. The van der Waals surface area contributed by atoms with Crippen LogP contribution in [0.3, 0.4) is 0 Å². The zero-order valence-electron chi connectivity index (χ0n) is 10.7. The van der Waals surface area contributed by atoms with Crippen LogP contribution < -0.4 is 16.4 Å². The largest absolute Gasteiger partial charge is 0.480 e. The van der Waals surface area contributed by atoms with Crippen molar-refractivity contribution in [2.45, 2.75) is 12.5 Å². The quantitative estimate of drug-likeness (QED) is 0.646. The standard InChI is InChI=1S/C12H12N4O4S/c13-9(17)5-7(10(18)19)14-11(20)16-12-15-6-3-1-2-4-8(6)21-12/h1-4,7H,5H2,(H2,13,17)(H,18,19)(H2,14,15,16,20)/t7-/m1/s1. The number of aromatic nitrogens is 1. The fourth-order valence-electron chi connectivity index (χ4n) is 1.62. The van der Waals surface area contributed by atoms with Gasteiger partial charge < -0.3 is 16.2 Å². The van der Waals surface area contributed by atoms with Crippen molar-refractivity contribution < 1.29 is 19.5 Å². The first kappa shape index (κ1) is 14.7. The van der Waals surface area contributed by atoms with Gasteiger partial charge in [0.2, 0.25) is 5.91 Å². The summed E-state index contributed by atoms with van der Waals surface area (Å²) in [5.74, 6) is -2.16. The summed E-state index contributed by atoms with van der Waals surface area (Å²) in [5.41, 5.74) is 5.65. The maximum atomic E-state index is 11.7. The van der Waals surface area contributed by atoms with Crippen LogP contribution in [-0.2, 0) is 9.59 Å². The van der Waals surface area contributed by atoms with E-state index >= 15 is 0 Å². The predicted octanol–water partition coefficient (Wildman–Crippen LogP) is 0.746. The van der Waals surface area contributed by atoms with E-state index in [1.165, 1.54) is 11.3 Å². The third-order valence-corrected chi connectivity index (χ3v) is 3.47. The molecule has 1 atom stereocenters. The molecule has 1 heterocycles. The number of aliphatic carboxylic acids is 1. The molecule has 0 aliphatic carbocycles. The molecule has 2 aromatic rings. The molecular formula is C12H12N4O4S. The zero-order chi connectivity index (χ0) is 15.4. The molecule has 0 spiro atoms. The topological polar surface area (TPSA) is 134 Å². The van der Waals surface area contributed by atoms with Crippen LogP contribution in [0.15, 0.2) is 24.3 Å². The number of carboxylic acids is 1. The minimum atomic E-state index is -1.38. The van der Waals surface area contributed by atoms with Gasteiger partial charge in [0.15, 0.2) is 5.13 Å². The number of nitrogens with one attached hydrogen (secondary N) is 2. The fourth-order valence-corrected chi connectivity index (χ4v) is 2.48. The molecule has 0 fully saturated rings. The summed E-state index contributed by atoms with van der Waals surface area (Å²) < 4.78 is 0.889. The number of carbonyl (C=O) groups excluding carboxylic acids is 2. The number of anilines is 1. The normalized spacial score (nSPS) is 11.8. The number of para-hydroxylation sites is 1. The van der Waals surface area contributed by atoms with Gasteiger partial charge in [-0.3, -0.25) is 10.1 Å². The van der Waals surface area contributed by atoms with Gasteiger partial charge in [-0.05, 0) is 12.1 Å². The molecule has 8 nitrogen and oxygen atoms in total. The molecule has 0 aliphatic heterocycles.